The third kappa shape index (κ3) is 3.96. The van der Waals surface area contributed by atoms with Gasteiger partial charge in [0.05, 0.1) is 16.1 Å². The highest BCUT2D eigenvalue weighted by Crippen LogP contribution is 2.25. The summed E-state index contributed by atoms with van der Waals surface area (Å²) < 4.78 is 1.11. The molecule has 3 rings (SSSR count). The Balaban J connectivity index is 1.89. The number of halogens is 1. The van der Waals surface area contributed by atoms with Crippen molar-refractivity contribution in [3.8, 4) is 0 Å². The van der Waals surface area contributed by atoms with Crippen LogP contribution in [0.1, 0.15) is 25.6 Å². The van der Waals surface area contributed by atoms with Gasteiger partial charge in [0.1, 0.15) is 0 Å². The van der Waals surface area contributed by atoms with E-state index in [1.807, 2.05) is 42.6 Å². The lowest BCUT2D eigenvalue weighted by Gasteiger charge is -2.20. The van der Waals surface area contributed by atoms with Crippen molar-refractivity contribution in [1.29, 1.82) is 0 Å². The zero-order valence-electron chi connectivity index (χ0n) is 14.3. The lowest BCUT2D eigenvalue weighted by Crippen LogP contribution is -2.28. The molecule has 6 heteroatoms. The molecule has 26 heavy (non-hydrogen) atoms. The van der Waals surface area contributed by atoms with Crippen LogP contribution in [0.15, 0.2) is 60.0 Å². The Kier molecular flexibility index (Phi) is 5.73. The van der Waals surface area contributed by atoms with E-state index in [1.54, 1.807) is 31.3 Å². The smallest absolute Gasteiger partial charge is 0.268 e. The van der Waals surface area contributed by atoms with Gasteiger partial charge >= 0.3 is 0 Å². The third-order valence-electron chi connectivity index (χ3n) is 3.98. The number of carbonyl (C=O) groups excluding carboxylic acids is 2. The number of hydrogen-bond donors (Lipinski definition) is 1. The van der Waals surface area contributed by atoms with Gasteiger partial charge in [-0.05, 0) is 76.9 Å². The second-order valence-electron chi connectivity index (χ2n) is 5.77. The normalized spacial score (nSPS) is 10.4. The van der Waals surface area contributed by atoms with Crippen molar-refractivity contribution >= 4 is 57.1 Å². The van der Waals surface area contributed by atoms with Gasteiger partial charge in [-0.1, -0.05) is 18.2 Å². The molecule has 0 saturated carbocycles. The SMILES string of the molecule is Cc1cc(I)ccc1NC(=O)c1ccccc1N(C)C(=O)c1cccs1. The molecule has 1 aromatic heterocycles. The van der Waals surface area contributed by atoms with Crippen LogP contribution in [0.2, 0.25) is 0 Å². The van der Waals surface area contributed by atoms with Crippen LogP contribution in [-0.4, -0.2) is 18.9 Å². The highest BCUT2D eigenvalue weighted by atomic mass is 127. The standard InChI is InChI=1S/C20H17IN2O2S/c1-13-12-14(21)9-10-16(13)22-19(24)15-6-3-4-7-17(15)23(2)20(25)18-8-5-11-26-18/h3-12H,1-2H3,(H,22,24). The molecular formula is C20H17IN2O2S. The molecule has 4 nitrogen and oxygen atoms in total. The van der Waals surface area contributed by atoms with Crippen molar-refractivity contribution in [2.75, 3.05) is 17.3 Å². The topological polar surface area (TPSA) is 49.4 Å². The molecule has 0 aliphatic rings. The summed E-state index contributed by atoms with van der Waals surface area (Å²) in [5.74, 6) is -0.374. The van der Waals surface area contributed by atoms with E-state index in [0.29, 0.717) is 16.1 Å². The van der Waals surface area contributed by atoms with E-state index in [1.165, 1.54) is 16.2 Å². The molecule has 2 amide bonds. The second-order valence-corrected chi connectivity index (χ2v) is 7.97. The number of aryl methyl sites for hydroxylation is 1. The van der Waals surface area contributed by atoms with E-state index in [4.69, 9.17) is 0 Å². The van der Waals surface area contributed by atoms with Crippen LogP contribution in [-0.2, 0) is 0 Å². The summed E-state index contributed by atoms with van der Waals surface area (Å²) in [5.41, 5.74) is 2.78. The average Bonchev–Trinajstić information content (AvgIpc) is 3.17. The molecular weight excluding hydrogens is 459 g/mol. The summed E-state index contributed by atoms with van der Waals surface area (Å²) >= 11 is 3.62. The van der Waals surface area contributed by atoms with Crippen LogP contribution in [0.3, 0.4) is 0 Å². The van der Waals surface area contributed by atoms with E-state index in [-0.39, 0.29) is 11.8 Å². The summed E-state index contributed by atoms with van der Waals surface area (Å²) in [4.78, 5) is 27.6. The van der Waals surface area contributed by atoms with Crippen LogP contribution < -0.4 is 10.2 Å². The maximum Gasteiger partial charge on any atom is 0.268 e. The van der Waals surface area contributed by atoms with Gasteiger partial charge in [0, 0.05) is 16.3 Å². The van der Waals surface area contributed by atoms with E-state index >= 15 is 0 Å². The monoisotopic (exact) mass is 476 g/mol. The fourth-order valence-electron chi connectivity index (χ4n) is 2.59. The Morgan fingerprint density at radius 1 is 1.08 bits per heavy atom. The second kappa shape index (κ2) is 8.01. The predicted octanol–water partition coefficient (Wildman–Crippen LogP) is 5.19. The number of carbonyl (C=O) groups is 2. The Morgan fingerprint density at radius 3 is 2.54 bits per heavy atom. The third-order valence-corrected chi connectivity index (χ3v) is 5.51. The molecule has 132 valence electrons. The lowest BCUT2D eigenvalue weighted by molar-refractivity contribution is 0.0996. The van der Waals surface area contributed by atoms with Crippen LogP contribution in [0.25, 0.3) is 0 Å². The maximum absolute atomic E-state index is 12.8. The van der Waals surface area contributed by atoms with Gasteiger partial charge in [-0.25, -0.2) is 0 Å². The maximum atomic E-state index is 12.8. The fraction of sp³-hybridized carbons (Fsp3) is 0.100. The van der Waals surface area contributed by atoms with Gasteiger partial charge < -0.3 is 10.2 Å². The number of amides is 2. The van der Waals surface area contributed by atoms with E-state index < -0.39 is 0 Å². The van der Waals surface area contributed by atoms with Crippen LogP contribution in [0.5, 0.6) is 0 Å². The molecule has 0 bridgehead atoms. The quantitative estimate of drug-likeness (QED) is 0.527. The highest BCUT2D eigenvalue weighted by Gasteiger charge is 2.20. The largest absolute Gasteiger partial charge is 0.322 e. The first kappa shape index (κ1) is 18.6. The summed E-state index contributed by atoms with van der Waals surface area (Å²) in [5, 5.41) is 4.81. The molecule has 1 N–H and O–H groups in total. The Hall–Kier alpha value is -2.19. The van der Waals surface area contributed by atoms with Gasteiger partial charge in [0.2, 0.25) is 0 Å². The molecule has 0 unspecified atom stereocenters. The van der Waals surface area contributed by atoms with E-state index in [9.17, 15) is 9.59 Å². The number of thiophene rings is 1. The minimum Gasteiger partial charge on any atom is -0.322 e. The first-order chi connectivity index (χ1) is 12.5. The Labute approximate surface area is 170 Å². The summed E-state index contributed by atoms with van der Waals surface area (Å²) in [6, 6.07) is 16.6. The number of hydrogen-bond acceptors (Lipinski definition) is 3. The Bertz CT molecular complexity index is 954. The van der Waals surface area contributed by atoms with Crippen molar-refractivity contribution in [3.63, 3.8) is 0 Å². The number of nitrogens with zero attached hydrogens (tertiary/aromatic N) is 1. The van der Waals surface area contributed by atoms with Gasteiger partial charge in [0.15, 0.2) is 0 Å². The Morgan fingerprint density at radius 2 is 1.85 bits per heavy atom. The number of para-hydroxylation sites is 1. The van der Waals surface area contributed by atoms with Gasteiger partial charge in [-0.3, -0.25) is 9.59 Å². The molecule has 0 aliphatic carbocycles. The highest BCUT2D eigenvalue weighted by molar-refractivity contribution is 14.1. The fourth-order valence-corrected chi connectivity index (χ4v) is 3.94. The number of anilines is 2. The molecule has 2 aromatic carbocycles. The average molecular weight is 476 g/mol. The molecule has 0 atom stereocenters. The zero-order chi connectivity index (χ0) is 18.7. The lowest BCUT2D eigenvalue weighted by atomic mass is 10.1. The molecule has 1 heterocycles. The summed E-state index contributed by atoms with van der Waals surface area (Å²) in [6.07, 6.45) is 0. The summed E-state index contributed by atoms with van der Waals surface area (Å²) in [6.45, 7) is 1.95. The predicted molar refractivity (Wildman–Crippen MR) is 115 cm³/mol. The summed E-state index contributed by atoms with van der Waals surface area (Å²) in [7, 11) is 1.68. The minimum absolute atomic E-state index is 0.134. The number of benzene rings is 2. The number of rotatable bonds is 4. The van der Waals surface area contributed by atoms with Crippen LogP contribution in [0.4, 0.5) is 11.4 Å². The van der Waals surface area contributed by atoms with Gasteiger partial charge in [0.25, 0.3) is 11.8 Å². The van der Waals surface area contributed by atoms with E-state index in [0.717, 1.165) is 14.8 Å². The van der Waals surface area contributed by atoms with Gasteiger partial charge in [-0.15, -0.1) is 11.3 Å². The van der Waals surface area contributed by atoms with Crippen molar-refractivity contribution in [2.24, 2.45) is 0 Å². The first-order valence-corrected chi connectivity index (χ1v) is 9.91. The van der Waals surface area contributed by atoms with Crippen LogP contribution in [0, 0.1) is 10.5 Å². The molecule has 3 aromatic rings. The van der Waals surface area contributed by atoms with Crippen molar-refractivity contribution < 1.29 is 9.59 Å². The molecule has 0 fully saturated rings. The zero-order valence-corrected chi connectivity index (χ0v) is 17.3. The molecule has 0 aliphatic heterocycles. The van der Waals surface area contributed by atoms with Crippen molar-refractivity contribution in [1.82, 2.24) is 0 Å². The van der Waals surface area contributed by atoms with Crippen LogP contribution >= 0.6 is 33.9 Å². The van der Waals surface area contributed by atoms with Gasteiger partial charge in [-0.2, -0.15) is 0 Å². The van der Waals surface area contributed by atoms with E-state index in [2.05, 4.69) is 27.9 Å². The first-order valence-electron chi connectivity index (χ1n) is 7.95. The minimum atomic E-state index is -0.240. The molecule has 0 radical (unpaired) electrons. The van der Waals surface area contributed by atoms with Crippen molar-refractivity contribution in [3.05, 3.63) is 79.6 Å². The van der Waals surface area contributed by atoms with Crippen molar-refractivity contribution in [2.45, 2.75) is 6.92 Å². The number of nitrogens with one attached hydrogen (secondary N) is 1. The molecule has 0 saturated heterocycles. The molecule has 0 spiro atoms.